The van der Waals surface area contributed by atoms with Crippen molar-refractivity contribution in [1.82, 2.24) is 10.2 Å². The van der Waals surface area contributed by atoms with Gasteiger partial charge in [-0.25, -0.2) is 0 Å². The highest BCUT2D eigenvalue weighted by Gasteiger charge is 2.15. The molecule has 1 aromatic heterocycles. The molecule has 0 N–H and O–H groups in total. The van der Waals surface area contributed by atoms with Crippen molar-refractivity contribution in [3.63, 3.8) is 0 Å². The maximum atomic E-state index is 11.9. The van der Waals surface area contributed by atoms with Gasteiger partial charge in [0.2, 0.25) is 9.60 Å². The van der Waals surface area contributed by atoms with Crippen LogP contribution in [0.4, 0.5) is 13.9 Å². The number of aromatic nitrogens is 2. The summed E-state index contributed by atoms with van der Waals surface area (Å²) in [6.45, 7) is -2.57. The first-order valence-electron chi connectivity index (χ1n) is 2.61. The minimum Gasteiger partial charge on any atom is -0.293 e. The molecule has 0 atom stereocenters. The van der Waals surface area contributed by atoms with Crippen LogP contribution in [0.25, 0.3) is 0 Å². The van der Waals surface area contributed by atoms with E-state index in [1.807, 2.05) is 0 Å². The predicted molar refractivity (Wildman–Crippen MR) is 39.3 cm³/mol. The SMILES string of the molecule is CN(c1nnc(Cl)s1)C(F)F. The zero-order valence-corrected chi connectivity index (χ0v) is 7.03. The Morgan fingerprint density at radius 2 is 2.18 bits per heavy atom. The van der Waals surface area contributed by atoms with E-state index in [1.165, 1.54) is 7.05 Å². The van der Waals surface area contributed by atoms with E-state index >= 15 is 0 Å². The number of rotatable bonds is 2. The van der Waals surface area contributed by atoms with Crippen LogP contribution in [0.1, 0.15) is 0 Å². The van der Waals surface area contributed by atoms with E-state index in [1.54, 1.807) is 0 Å². The molecule has 0 radical (unpaired) electrons. The van der Waals surface area contributed by atoms with Crippen molar-refractivity contribution in [2.45, 2.75) is 6.55 Å². The van der Waals surface area contributed by atoms with Crippen LogP contribution in [0.15, 0.2) is 0 Å². The average Bonchev–Trinajstić information content (AvgIpc) is 2.34. The normalized spacial score (nSPS) is 10.6. The summed E-state index contributed by atoms with van der Waals surface area (Å²) in [5.41, 5.74) is 0. The Hall–Kier alpha value is -0.490. The molecule has 1 rings (SSSR count). The van der Waals surface area contributed by atoms with E-state index in [0.717, 1.165) is 11.3 Å². The molecule has 0 unspecified atom stereocenters. The Labute approximate surface area is 70.6 Å². The number of nitrogens with zero attached hydrogens (tertiary/aromatic N) is 3. The number of hydrogen-bond donors (Lipinski definition) is 0. The first-order valence-corrected chi connectivity index (χ1v) is 3.80. The minimum atomic E-state index is -2.57. The van der Waals surface area contributed by atoms with Crippen LogP contribution in [0.2, 0.25) is 4.47 Å². The zero-order valence-electron chi connectivity index (χ0n) is 5.46. The smallest absolute Gasteiger partial charge is 0.293 e. The van der Waals surface area contributed by atoms with E-state index in [4.69, 9.17) is 11.6 Å². The van der Waals surface area contributed by atoms with Gasteiger partial charge in [-0.3, -0.25) is 4.90 Å². The van der Waals surface area contributed by atoms with E-state index in [2.05, 4.69) is 10.2 Å². The van der Waals surface area contributed by atoms with Gasteiger partial charge in [0.25, 0.3) is 0 Å². The topological polar surface area (TPSA) is 29.0 Å². The number of alkyl halides is 2. The lowest BCUT2D eigenvalue weighted by molar-refractivity contribution is 0.149. The maximum Gasteiger partial charge on any atom is 0.316 e. The summed E-state index contributed by atoms with van der Waals surface area (Å²) >= 11 is 6.30. The van der Waals surface area contributed by atoms with E-state index in [-0.39, 0.29) is 9.60 Å². The fourth-order valence-electron chi connectivity index (χ4n) is 0.424. The van der Waals surface area contributed by atoms with Crippen molar-refractivity contribution in [1.29, 1.82) is 0 Å². The van der Waals surface area contributed by atoms with Crippen LogP contribution in [0, 0.1) is 0 Å². The summed E-state index contributed by atoms with van der Waals surface area (Å²) in [7, 11) is 1.22. The standard InChI is InChI=1S/C4H4ClF2N3S/c1-10(3(6)7)4-9-8-2(5)11-4/h3H,1H3. The molecule has 0 aliphatic heterocycles. The summed E-state index contributed by atoms with van der Waals surface area (Å²) in [6.07, 6.45) is 0. The first-order chi connectivity index (χ1) is 5.11. The van der Waals surface area contributed by atoms with Gasteiger partial charge in [-0.15, -0.1) is 10.2 Å². The Balaban J connectivity index is 2.76. The summed E-state index contributed by atoms with van der Waals surface area (Å²) in [4.78, 5) is 0.698. The molecule has 1 heterocycles. The zero-order chi connectivity index (χ0) is 8.43. The molecule has 7 heteroatoms. The van der Waals surface area contributed by atoms with Gasteiger partial charge in [0, 0.05) is 7.05 Å². The molecule has 0 spiro atoms. The Morgan fingerprint density at radius 1 is 1.55 bits per heavy atom. The minimum absolute atomic E-state index is 0.116. The second-order valence-electron chi connectivity index (χ2n) is 1.73. The van der Waals surface area contributed by atoms with Crippen molar-refractivity contribution in [2.24, 2.45) is 0 Å². The predicted octanol–water partition coefficient (Wildman–Crippen LogP) is 1.85. The van der Waals surface area contributed by atoms with Crippen molar-refractivity contribution in [3.8, 4) is 0 Å². The lowest BCUT2D eigenvalue weighted by atomic mass is 10.9. The molecule has 62 valence electrons. The molecule has 0 fully saturated rings. The third-order valence-corrected chi connectivity index (χ3v) is 2.09. The van der Waals surface area contributed by atoms with Crippen LogP contribution < -0.4 is 4.90 Å². The molecule has 1 aromatic rings. The van der Waals surface area contributed by atoms with Crippen LogP contribution in [0.5, 0.6) is 0 Å². The van der Waals surface area contributed by atoms with Gasteiger partial charge < -0.3 is 0 Å². The van der Waals surface area contributed by atoms with Crippen LogP contribution >= 0.6 is 22.9 Å². The van der Waals surface area contributed by atoms with Gasteiger partial charge in [-0.2, -0.15) is 8.78 Å². The Bertz CT molecular complexity index is 241. The van der Waals surface area contributed by atoms with Gasteiger partial charge in [0.05, 0.1) is 0 Å². The average molecular weight is 200 g/mol. The molecular weight excluding hydrogens is 196 g/mol. The molecule has 0 aromatic carbocycles. The van der Waals surface area contributed by atoms with Crippen molar-refractivity contribution in [3.05, 3.63) is 4.47 Å². The summed E-state index contributed by atoms with van der Waals surface area (Å²) in [5, 5.41) is 6.91. The maximum absolute atomic E-state index is 11.9. The molecule has 0 saturated heterocycles. The lowest BCUT2D eigenvalue weighted by Gasteiger charge is -2.11. The summed E-state index contributed by atoms with van der Waals surface area (Å²) in [5.74, 6) is 0. The molecular formula is C4H4ClF2N3S. The molecule has 0 aliphatic rings. The van der Waals surface area contributed by atoms with Gasteiger partial charge in [0.1, 0.15) is 0 Å². The van der Waals surface area contributed by atoms with Crippen molar-refractivity contribution in [2.75, 3.05) is 11.9 Å². The van der Waals surface area contributed by atoms with Crippen molar-refractivity contribution < 1.29 is 8.78 Å². The van der Waals surface area contributed by atoms with Crippen LogP contribution in [0.3, 0.4) is 0 Å². The second kappa shape index (κ2) is 3.27. The summed E-state index contributed by atoms with van der Waals surface area (Å²) < 4.78 is 24.0. The summed E-state index contributed by atoms with van der Waals surface area (Å²) in [6, 6.07) is 0. The highest BCUT2D eigenvalue weighted by Crippen LogP contribution is 2.24. The molecule has 0 bridgehead atoms. The van der Waals surface area contributed by atoms with Crippen LogP contribution in [-0.4, -0.2) is 23.8 Å². The van der Waals surface area contributed by atoms with Crippen molar-refractivity contribution >= 4 is 28.1 Å². The molecule has 0 saturated carbocycles. The molecule has 0 aliphatic carbocycles. The first kappa shape index (κ1) is 8.61. The largest absolute Gasteiger partial charge is 0.316 e. The number of anilines is 1. The number of hydrogen-bond acceptors (Lipinski definition) is 4. The monoisotopic (exact) mass is 199 g/mol. The quantitative estimate of drug-likeness (QED) is 0.681. The Morgan fingerprint density at radius 3 is 2.55 bits per heavy atom. The highest BCUT2D eigenvalue weighted by molar-refractivity contribution is 7.19. The fraction of sp³-hybridized carbons (Fsp3) is 0.500. The highest BCUT2D eigenvalue weighted by atomic mass is 35.5. The molecule has 11 heavy (non-hydrogen) atoms. The molecule has 0 amide bonds. The number of halogens is 3. The lowest BCUT2D eigenvalue weighted by Crippen LogP contribution is -2.22. The van der Waals surface area contributed by atoms with Crippen LogP contribution in [-0.2, 0) is 0 Å². The van der Waals surface area contributed by atoms with Gasteiger partial charge >= 0.3 is 6.55 Å². The van der Waals surface area contributed by atoms with E-state index in [0.29, 0.717) is 4.90 Å². The third-order valence-electron chi connectivity index (χ3n) is 0.984. The van der Waals surface area contributed by atoms with Gasteiger partial charge in [0.15, 0.2) is 0 Å². The third kappa shape index (κ3) is 1.97. The fourth-order valence-corrected chi connectivity index (χ4v) is 1.21. The molecule has 3 nitrogen and oxygen atoms in total. The van der Waals surface area contributed by atoms with E-state index < -0.39 is 6.55 Å². The Kier molecular flexibility index (Phi) is 2.56. The van der Waals surface area contributed by atoms with Gasteiger partial charge in [-0.05, 0) is 11.6 Å². The second-order valence-corrected chi connectivity index (χ2v) is 3.26. The van der Waals surface area contributed by atoms with E-state index in [9.17, 15) is 8.78 Å². The van der Waals surface area contributed by atoms with Gasteiger partial charge in [-0.1, -0.05) is 11.3 Å².